The van der Waals surface area contributed by atoms with Crippen LogP contribution in [0.3, 0.4) is 0 Å². The lowest BCUT2D eigenvalue weighted by Gasteiger charge is -2.16. The number of aliphatic imine (C=N–C) groups is 1. The van der Waals surface area contributed by atoms with Crippen LogP contribution < -0.4 is 0 Å². The van der Waals surface area contributed by atoms with Gasteiger partial charge in [0.1, 0.15) is 0 Å². The quantitative estimate of drug-likeness (QED) is 0.265. The molecule has 0 spiro atoms. The molecular weight excluding hydrogens is 250 g/mol. The highest BCUT2D eigenvalue weighted by molar-refractivity contribution is 5.75. The predicted molar refractivity (Wildman–Crippen MR) is 85.4 cm³/mol. The van der Waals surface area contributed by atoms with Crippen LogP contribution >= 0.6 is 0 Å². The summed E-state index contributed by atoms with van der Waals surface area (Å²) in [4.78, 5) is 18.9. The molecule has 0 aliphatic heterocycles. The van der Waals surface area contributed by atoms with Gasteiger partial charge in [-0.3, -0.25) is 14.7 Å². The van der Waals surface area contributed by atoms with E-state index < -0.39 is 0 Å². The minimum Gasteiger partial charge on any atom is -0.302 e. The first kappa shape index (κ1) is 18.1. The first-order chi connectivity index (χ1) is 9.69. The van der Waals surface area contributed by atoms with E-state index in [0.717, 1.165) is 26.0 Å². The van der Waals surface area contributed by atoms with Crippen molar-refractivity contribution in [3.63, 3.8) is 0 Å². The van der Waals surface area contributed by atoms with E-state index in [2.05, 4.69) is 42.2 Å². The van der Waals surface area contributed by atoms with Crippen molar-refractivity contribution in [2.45, 2.75) is 27.2 Å². The van der Waals surface area contributed by atoms with Crippen LogP contribution in [0.5, 0.6) is 0 Å². The molecule has 0 aromatic heterocycles. The lowest BCUT2D eigenvalue weighted by atomic mass is 10.3. The molecule has 0 rings (SSSR count). The number of hydrogen-bond donors (Lipinski definition) is 0. The Kier molecular flexibility index (Phi) is 11.1. The summed E-state index contributed by atoms with van der Waals surface area (Å²) in [6, 6.07) is 0. The molecule has 4 heteroatoms. The van der Waals surface area contributed by atoms with Gasteiger partial charge in [0.05, 0.1) is 12.9 Å². The maximum absolute atomic E-state index is 11.0. The number of nitrogens with zero attached hydrogens (tertiary/aromatic N) is 3. The van der Waals surface area contributed by atoms with E-state index >= 15 is 0 Å². The van der Waals surface area contributed by atoms with Crippen LogP contribution in [0, 0.1) is 11.8 Å². The van der Waals surface area contributed by atoms with Crippen molar-refractivity contribution in [2.75, 3.05) is 26.2 Å². The SMILES string of the molecule is C=C(C/C=C\C#CC)N(C=O)/C=N\CCN(CC)CC. The van der Waals surface area contributed by atoms with Crippen molar-refractivity contribution in [3.8, 4) is 11.8 Å². The molecule has 0 aliphatic carbocycles. The molecular formula is C16H25N3O. The van der Waals surface area contributed by atoms with Crippen molar-refractivity contribution >= 4 is 12.7 Å². The average Bonchev–Trinajstić information content (AvgIpc) is 2.47. The fourth-order valence-corrected chi connectivity index (χ4v) is 1.51. The summed E-state index contributed by atoms with van der Waals surface area (Å²) in [5.41, 5.74) is 0.681. The molecule has 0 heterocycles. The number of carbonyl (C=O) groups is 1. The summed E-state index contributed by atoms with van der Waals surface area (Å²) in [7, 11) is 0. The summed E-state index contributed by atoms with van der Waals surface area (Å²) in [5, 5.41) is 0. The molecule has 0 saturated carbocycles. The Morgan fingerprint density at radius 2 is 2.05 bits per heavy atom. The second kappa shape index (κ2) is 12.2. The second-order valence-corrected chi connectivity index (χ2v) is 4.13. The summed E-state index contributed by atoms with van der Waals surface area (Å²) in [6.45, 7) is 13.5. The van der Waals surface area contributed by atoms with Gasteiger partial charge in [0.2, 0.25) is 6.41 Å². The van der Waals surface area contributed by atoms with Gasteiger partial charge >= 0.3 is 0 Å². The monoisotopic (exact) mass is 275 g/mol. The van der Waals surface area contributed by atoms with E-state index in [4.69, 9.17) is 0 Å². The van der Waals surface area contributed by atoms with E-state index in [-0.39, 0.29) is 0 Å². The molecule has 0 unspecified atom stereocenters. The third kappa shape index (κ3) is 8.28. The Morgan fingerprint density at radius 1 is 1.35 bits per heavy atom. The molecule has 0 bridgehead atoms. The van der Waals surface area contributed by atoms with Crippen LogP contribution in [0.15, 0.2) is 29.4 Å². The van der Waals surface area contributed by atoms with Gasteiger partial charge in [-0.25, -0.2) is 0 Å². The number of likely N-dealkylation sites (N-methyl/N-ethyl adjacent to an activating group) is 1. The van der Waals surface area contributed by atoms with E-state index in [9.17, 15) is 4.79 Å². The van der Waals surface area contributed by atoms with Gasteiger partial charge in [-0.2, -0.15) is 0 Å². The van der Waals surface area contributed by atoms with Gasteiger partial charge in [-0.1, -0.05) is 32.4 Å². The Morgan fingerprint density at radius 3 is 2.60 bits per heavy atom. The zero-order valence-electron chi connectivity index (χ0n) is 12.8. The highest BCUT2D eigenvalue weighted by Crippen LogP contribution is 2.03. The van der Waals surface area contributed by atoms with Gasteiger partial charge in [0, 0.05) is 18.7 Å². The van der Waals surface area contributed by atoms with Crippen molar-refractivity contribution in [1.29, 1.82) is 0 Å². The molecule has 4 nitrogen and oxygen atoms in total. The van der Waals surface area contributed by atoms with Crippen LogP contribution in [0.25, 0.3) is 0 Å². The average molecular weight is 275 g/mol. The molecule has 0 aliphatic rings. The van der Waals surface area contributed by atoms with E-state index in [1.807, 2.05) is 6.08 Å². The fraction of sp³-hybridized carbons (Fsp3) is 0.500. The van der Waals surface area contributed by atoms with Crippen molar-refractivity contribution in [1.82, 2.24) is 9.80 Å². The smallest absolute Gasteiger partial charge is 0.219 e. The summed E-state index contributed by atoms with van der Waals surface area (Å²) in [6.07, 6.45) is 6.47. The molecule has 1 amide bonds. The zero-order valence-corrected chi connectivity index (χ0v) is 12.8. The van der Waals surface area contributed by atoms with Crippen molar-refractivity contribution in [2.24, 2.45) is 4.99 Å². The Bertz CT molecular complexity index is 398. The van der Waals surface area contributed by atoms with Crippen molar-refractivity contribution < 1.29 is 4.79 Å². The number of allylic oxidation sites excluding steroid dienone is 2. The van der Waals surface area contributed by atoms with Gasteiger partial charge in [0.15, 0.2) is 0 Å². The van der Waals surface area contributed by atoms with Crippen LogP contribution in [0.1, 0.15) is 27.2 Å². The largest absolute Gasteiger partial charge is 0.302 e. The number of rotatable bonds is 10. The first-order valence-electron chi connectivity index (χ1n) is 6.90. The van der Waals surface area contributed by atoms with E-state index in [1.54, 1.807) is 13.0 Å². The molecule has 0 atom stereocenters. The highest BCUT2D eigenvalue weighted by Gasteiger charge is 2.01. The molecule has 0 saturated heterocycles. The van der Waals surface area contributed by atoms with Gasteiger partial charge in [-0.05, 0) is 26.1 Å². The van der Waals surface area contributed by atoms with Crippen LogP contribution in [-0.2, 0) is 4.79 Å². The van der Waals surface area contributed by atoms with Crippen LogP contribution in [0.4, 0.5) is 0 Å². The lowest BCUT2D eigenvalue weighted by Crippen LogP contribution is -2.26. The molecule has 0 radical (unpaired) electrons. The van der Waals surface area contributed by atoms with Crippen molar-refractivity contribution in [3.05, 3.63) is 24.4 Å². The Balaban J connectivity index is 4.21. The Hall–Kier alpha value is -1.86. The normalized spacial score (nSPS) is 10.8. The highest BCUT2D eigenvalue weighted by atomic mass is 16.1. The first-order valence-corrected chi connectivity index (χ1v) is 6.90. The summed E-state index contributed by atoms with van der Waals surface area (Å²) < 4.78 is 0. The standard InChI is InChI=1S/C16H25N3O/c1-5-8-9-10-11-16(4)19(15-20)14-17-12-13-18(6-2)7-3/h9-10,14-15H,4,6-7,11-13H2,1-3H3/b10-9-,17-14-. The van der Waals surface area contributed by atoms with Gasteiger partial charge < -0.3 is 4.90 Å². The third-order valence-electron chi connectivity index (χ3n) is 2.82. The molecule has 0 fully saturated rings. The number of amides is 1. The maximum atomic E-state index is 11.0. The van der Waals surface area contributed by atoms with Crippen LogP contribution in [-0.4, -0.2) is 48.7 Å². The third-order valence-corrected chi connectivity index (χ3v) is 2.82. The van der Waals surface area contributed by atoms with E-state index in [1.165, 1.54) is 11.2 Å². The maximum Gasteiger partial charge on any atom is 0.219 e. The molecule has 0 aromatic rings. The van der Waals surface area contributed by atoms with Crippen LogP contribution in [0.2, 0.25) is 0 Å². The zero-order chi connectivity index (χ0) is 15.2. The number of hydrogen-bond acceptors (Lipinski definition) is 3. The Labute approximate surface area is 122 Å². The molecule has 110 valence electrons. The minimum atomic E-state index is 0.579. The predicted octanol–water partition coefficient (Wildman–Crippen LogP) is 2.30. The minimum absolute atomic E-state index is 0.579. The van der Waals surface area contributed by atoms with E-state index in [0.29, 0.717) is 18.7 Å². The molecule has 20 heavy (non-hydrogen) atoms. The summed E-state index contributed by atoms with van der Waals surface area (Å²) in [5.74, 6) is 5.59. The lowest BCUT2D eigenvalue weighted by molar-refractivity contribution is -0.113. The number of carbonyl (C=O) groups excluding carboxylic acids is 1. The summed E-state index contributed by atoms with van der Waals surface area (Å²) >= 11 is 0. The van der Waals surface area contributed by atoms with Gasteiger partial charge in [-0.15, -0.1) is 5.92 Å². The molecule has 0 N–H and O–H groups in total. The topological polar surface area (TPSA) is 35.9 Å². The van der Waals surface area contributed by atoms with Gasteiger partial charge in [0.25, 0.3) is 0 Å². The fourth-order valence-electron chi connectivity index (χ4n) is 1.51. The molecule has 0 aromatic carbocycles. The second-order valence-electron chi connectivity index (χ2n) is 4.13.